The molecule has 0 aromatic heterocycles. The Bertz CT molecular complexity index is 479. The molecule has 1 unspecified atom stereocenters. The first-order chi connectivity index (χ1) is 9.99. The maximum atomic E-state index is 8.82. The van der Waals surface area contributed by atoms with Crippen LogP contribution in [0, 0.1) is 17.2 Å². The molecular formula is C17H26ClN3. The zero-order valence-electron chi connectivity index (χ0n) is 13.5. The van der Waals surface area contributed by atoms with E-state index < -0.39 is 0 Å². The molecule has 1 aromatic rings. The van der Waals surface area contributed by atoms with Crippen molar-refractivity contribution in [2.24, 2.45) is 5.92 Å². The number of hydrogen-bond donors (Lipinski definition) is 1. The number of halogens is 1. The van der Waals surface area contributed by atoms with Gasteiger partial charge in [-0.3, -0.25) is 0 Å². The van der Waals surface area contributed by atoms with Gasteiger partial charge in [-0.15, -0.1) is 0 Å². The van der Waals surface area contributed by atoms with Crippen LogP contribution in [0.4, 0.5) is 5.69 Å². The predicted octanol–water partition coefficient (Wildman–Crippen LogP) is 4.39. The second-order valence-electron chi connectivity index (χ2n) is 5.73. The van der Waals surface area contributed by atoms with Crippen LogP contribution in [0.25, 0.3) is 0 Å². The molecule has 0 fully saturated rings. The molecule has 1 N–H and O–H groups in total. The fraction of sp³-hybridized carbons (Fsp3) is 0.588. The van der Waals surface area contributed by atoms with E-state index in [1.54, 1.807) is 0 Å². The van der Waals surface area contributed by atoms with Gasteiger partial charge in [-0.05, 0) is 37.1 Å². The fourth-order valence-electron chi connectivity index (χ4n) is 2.43. The van der Waals surface area contributed by atoms with E-state index in [4.69, 9.17) is 16.9 Å². The zero-order chi connectivity index (χ0) is 15.8. The van der Waals surface area contributed by atoms with Crippen LogP contribution < -0.4 is 10.2 Å². The van der Waals surface area contributed by atoms with Crippen LogP contribution in [0.5, 0.6) is 0 Å². The predicted molar refractivity (Wildman–Crippen MR) is 90.8 cm³/mol. The Hall–Kier alpha value is -1.24. The highest BCUT2D eigenvalue weighted by atomic mass is 35.5. The van der Waals surface area contributed by atoms with E-state index >= 15 is 0 Å². The molecule has 0 radical (unpaired) electrons. The summed E-state index contributed by atoms with van der Waals surface area (Å²) < 4.78 is 0. The molecule has 0 aliphatic rings. The SMILES string of the molecule is CCNC(C)c1ccc(N(CCC#N)CC(C)C)cc1Cl. The Labute approximate surface area is 133 Å². The van der Waals surface area contributed by atoms with E-state index in [1.165, 1.54) is 0 Å². The second kappa shape index (κ2) is 8.92. The number of nitrogens with zero attached hydrogens (tertiary/aromatic N) is 2. The van der Waals surface area contributed by atoms with Crippen molar-refractivity contribution in [2.45, 2.75) is 40.2 Å². The summed E-state index contributed by atoms with van der Waals surface area (Å²) in [5.74, 6) is 0.544. The van der Waals surface area contributed by atoms with Gasteiger partial charge in [-0.2, -0.15) is 5.26 Å². The largest absolute Gasteiger partial charge is 0.370 e. The maximum Gasteiger partial charge on any atom is 0.0640 e. The average Bonchev–Trinajstić information content (AvgIpc) is 2.43. The van der Waals surface area contributed by atoms with E-state index in [0.29, 0.717) is 12.3 Å². The fourth-order valence-corrected chi connectivity index (χ4v) is 2.77. The molecule has 116 valence electrons. The van der Waals surface area contributed by atoms with Crippen LogP contribution in [0.2, 0.25) is 5.02 Å². The van der Waals surface area contributed by atoms with Crippen LogP contribution in [-0.2, 0) is 0 Å². The lowest BCUT2D eigenvalue weighted by Gasteiger charge is -2.27. The highest BCUT2D eigenvalue weighted by molar-refractivity contribution is 6.31. The lowest BCUT2D eigenvalue weighted by Crippen LogP contribution is -2.28. The number of nitrogens with one attached hydrogen (secondary N) is 1. The zero-order valence-corrected chi connectivity index (χ0v) is 14.2. The molecule has 4 heteroatoms. The van der Waals surface area contributed by atoms with Crippen molar-refractivity contribution in [1.82, 2.24) is 5.32 Å². The molecular weight excluding hydrogens is 282 g/mol. The Morgan fingerprint density at radius 1 is 1.33 bits per heavy atom. The van der Waals surface area contributed by atoms with Crippen LogP contribution >= 0.6 is 11.6 Å². The summed E-state index contributed by atoms with van der Waals surface area (Å²) in [6.45, 7) is 11.2. The number of hydrogen-bond acceptors (Lipinski definition) is 3. The molecule has 0 amide bonds. The van der Waals surface area contributed by atoms with Gasteiger partial charge in [0.1, 0.15) is 0 Å². The summed E-state index contributed by atoms with van der Waals surface area (Å²) in [6, 6.07) is 8.67. The summed E-state index contributed by atoms with van der Waals surface area (Å²) in [5, 5.41) is 13.0. The summed E-state index contributed by atoms with van der Waals surface area (Å²) in [6.07, 6.45) is 0.528. The molecule has 0 bridgehead atoms. The minimum absolute atomic E-state index is 0.245. The second-order valence-corrected chi connectivity index (χ2v) is 6.14. The number of nitriles is 1. The van der Waals surface area contributed by atoms with Crippen molar-refractivity contribution in [3.05, 3.63) is 28.8 Å². The number of anilines is 1. The Balaban J connectivity index is 2.94. The molecule has 1 rings (SSSR count). The quantitative estimate of drug-likeness (QED) is 0.774. The van der Waals surface area contributed by atoms with Crippen LogP contribution in [0.1, 0.15) is 45.7 Å². The van der Waals surface area contributed by atoms with Gasteiger partial charge in [0, 0.05) is 29.8 Å². The molecule has 3 nitrogen and oxygen atoms in total. The molecule has 0 aliphatic heterocycles. The van der Waals surface area contributed by atoms with E-state index in [2.05, 4.69) is 56.1 Å². The number of rotatable bonds is 8. The molecule has 1 atom stereocenters. The average molecular weight is 308 g/mol. The van der Waals surface area contributed by atoms with Gasteiger partial charge in [0.2, 0.25) is 0 Å². The van der Waals surface area contributed by atoms with E-state index in [9.17, 15) is 0 Å². The van der Waals surface area contributed by atoms with Crippen LogP contribution in [0.15, 0.2) is 18.2 Å². The van der Waals surface area contributed by atoms with Gasteiger partial charge in [-0.1, -0.05) is 38.4 Å². The summed E-state index contributed by atoms with van der Waals surface area (Å²) in [4.78, 5) is 2.24. The Kier molecular flexibility index (Phi) is 7.56. The van der Waals surface area contributed by atoms with Gasteiger partial charge < -0.3 is 10.2 Å². The summed E-state index contributed by atoms with van der Waals surface area (Å²) in [7, 11) is 0. The molecule has 0 heterocycles. The van der Waals surface area contributed by atoms with Crippen LogP contribution in [0.3, 0.4) is 0 Å². The third kappa shape index (κ3) is 5.57. The Morgan fingerprint density at radius 3 is 2.57 bits per heavy atom. The third-order valence-corrected chi connectivity index (χ3v) is 3.73. The third-order valence-electron chi connectivity index (χ3n) is 3.41. The summed E-state index contributed by atoms with van der Waals surface area (Å²) >= 11 is 6.44. The van der Waals surface area contributed by atoms with Crippen molar-refractivity contribution in [1.29, 1.82) is 5.26 Å². The minimum atomic E-state index is 0.245. The highest BCUT2D eigenvalue weighted by Crippen LogP contribution is 2.28. The number of benzene rings is 1. The van der Waals surface area contributed by atoms with Gasteiger partial charge in [-0.25, -0.2) is 0 Å². The van der Waals surface area contributed by atoms with E-state index in [1.807, 2.05) is 6.07 Å². The smallest absolute Gasteiger partial charge is 0.0640 e. The van der Waals surface area contributed by atoms with Crippen molar-refractivity contribution in [3.63, 3.8) is 0 Å². The first-order valence-electron chi connectivity index (χ1n) is 7.64. The standard InChI is InChI=1S/C17H26ClN3/c1-5-20-14(4)16-8-7-15(11-17(16)18)21(10-6-9-19)12-13(2)3/h7-8,11,13-14,20H,5-6,10,12H2,1-4H3. The minimum Gasteiger partial charge on any atom is -0.370 e. The van der Waals surface area contributed by atoms with E-state index in [-0.39, 0.29) is 6.04 Å². The van der Waals surface area contributed by atoms with Gasteiger partial charge in [0.05, 0.1) is 12.5 Å². The monoisotopic (exact) mass is 307 g/mol. The van der Waals surface area contributed by atoms with Crippen molar-refractivity contribution < 1.29 is 0 Å². The summed E-state index contributed by atoms with van der Waals surface area (Å²) in [5.41, 5.74) is 2.21. The Morgan fingerprint density at radius 2 is 2.05 bits per heavy atom. The lowest BCUT2D eigenvalue weighted by atomic mass is 10.1. The van der Waals surface area contributed by atoms with Gasteiger partial charge >= 0.3 is 0 Å². The molecule has 21 heavy (non-hydrogen) atoms. The van der Waals surface area contributed by atoms with Crippen LogP contribution in [-0.4, -0.2) is 19.6 Å². The van der Waals surface area contributed by atoms with E-state index in [0.717, 1.165) is 35.9 Å². The molecule has 0 aliphatic carbocycles. The molecule has 0 saturated carbocycles. The van der Waals surface area contributed by atoms with Crippen molar-refractivity contribution in [2.75, 3.05) is 24.5 Å². The molecule has 0 saturated heterocycles. The molecule has 1 aromatic carbocycles. The van der Waals surface area contributed by atoms with Gasteiger partial charge in [0.25, 0.3) is 0 Å². The first kappa shape index (κ1) is 17.8. The van der Waals surface area contributed by atoms with Crippen molar-refractivity contribution in [3.8, 4) is 6.07 Å². The first-order valence-corrected chi connectivity index (χ1v) is 8.02. The van der Waals surface area contributed by atoms with Gasteiger partial charge in [0.15, 0.2) is 0 Å². The normalized spacial score (nSPS) is 12.2. The van der Waals surface area contributed by atoms with Crippen molar-refractivity contribution >= 4 is 17.3 Å². The lowest BCUT2D eigenvalue weighted by molar-refractivity contribution is 0.597. The topological polar surface area (TPSA) is 39.1 Å². The maximum absolute atomic E-state index is 8.82. The molecule has 0 spiro atoms. The highest BCUT2D eigenvalue weighted by Gasteiger charge is 2.13.